The van der Waals surface area contributed by atoms with Gasteiger partial charge in [-0.3, -0.25) is 0 Å². The highest BCUT2D eigenvalue weighted by Gasteiger charge is 2.57. The topological polar surface area (TPSA) is 77.4 Å². The molecule has 6 heteroatoms. The number of hydrogen-bond donors (Lipinski definition) is 2. The van der Waals surface area contributed by atoms with Gasteiger partial charge in [-0.15, -0.1) is 0 Å². The Kier molecular flexibility index (Phi) is 4.49. The number of rotatable bonds is 5. The molecule has 0 saturated carbocycles. The minimum Gasteiger partial charge on any atom is -0.394 e. The first-order chi connectivity index (χ1) is 10.5. The van der Waals surface area contributed by atoms with Crippen LogP contribution in [0.5, 0.6) is 0 Å². The van der Waals surface area contributed by atoms with Crippen molar-refractivity contribution in [2.75, 3.05) is 6.61 Å². The second-order valence-electron chi connectivity index (χ2n) is 6.08. The lowest BCUT2D eigenvalue weighted by Gasteiger charge is -2.25. The Morgan fingerprint density at radius 1 is 1.18 bits per heavy atom. The molecule has 22 heavy (non-hydrogen) atoms. The molecule has 0 bridgehead atoms. The largest absolute Gasteiger partial charge is 0.394 e. The van der Waals surface area contributed by atoms with E-state index in [2.05, 4.69) is 0 Å². The maximum atomic E-state index is 9.91. The van der Waals surface area contributed by atoms with Gasteiger partial charge in [0.05, 0.1) is 13.2 Å². The monoisotopic (exact) mass is 310 g/mol. The van der Waals surface area contributed by atoms with E-state index in [4.69, 9.17) is 18.9 Å². The number of aliphatic hydroxyl groups excluding tert-OH is 2. The van der Waals surface area contributed by atoms with E-state index in [1.807, 2.05) is 44.2 Å². The zero-order valence-corrected chi connectivity index (χ0v) is 12.7. The number of ether oxygens (including phenoxy) is 4. The molecule has 0 unspecified atom stereocenters. The molecular formula is C16H22O6. The van der Waals surface area contributed by atoms with E-state index < -0.39 is 43.1 Å². The molecule has 1 aromatic carbocycles. The van der Waals surface area contributed by atoms with Crippen molar-refractivity contribution in [3.63, 3.8) is 0 Å². The van der Waals surface area contributed by atoms with Crippen LogP contribution in [0.15, 0.2) is 30.3 Å². The molecule has 0 radical (unpaired) electrons. The minimum absolute atomic E-state index is 0.375. The lowest BCUT2D eigenvalue weighted by Crippen LogP contribution is -2.40. The van der Waals surface area contributed by atoms with Gasteiger partial charge in [-0.2, -0.15) is 0 Å². The third kappa shape index (κ3) is 3.17. The van der Waals surface area contributed by atoms with Crippen LogP contribution in [0, 0.1) is 0 Å². The van der Waals surface area contributed by atoms with Crippen molar-refractivity contribution in [2.45, 2.75) is 56.9 Å². The van der Waals surface area contributed by atoms with E-state index in [1.165, 1.54) is 0 Å². The summed E-state index contributed by atoms with van der Waals surface area (Å²) in [5, 5.41) is 19.1. The molecule has 0 spiro atoms. The SMILES string of the molecule is CC1(C)O[C@@H]2[C@@H](O1)[C@@H](OCc1ccccc1)O[C@@H]2[C@H](O)CO. The zero-order chi connectivity index (χ0) is 15.7. The van der Waals surface area contributed by atoms with E-state index in [0.717, 1.165) is 5.56 Å². The average Bonchev–Trinajstić information content (AvgIpc) is 2.99. The van der Waals surface area contributed by atoms with Crippen LogP contribution in [0.1, 0.15) is 19.4 Å². The van der Waals surface area contributed by atoms with Crippen LogP contribution in [-0.2, 0) is 25.6 Å². The first kappa shape index (κ1) is 15.9. The summed E-state index contributed by atoms with van der Waals surface area (Å²) in [6.45, 7) is 3.59. The summed E-state index contributed by atoms with van der Waals surface area (Å²) in [6.07, 6.45) is -3.23. The van der Waals surface area contributed by atoms with Crippen molar-refractivity contribution in [2.24, 2.45) is 0 Å². The third-order valence-corrected chi connectivity index (χ3v) is 3.87. The summed E-state index contributed by atoms with van der Waals surface area (Å²) in [6, 6.07) is 9.74. The van der Waals surface area contributed by atoms with E-state index in [0.29, 0.717) is 6.61 Å². The van der Waals surface area contributed by atoms with Gasteiger partial charge in [-0.05, 0) is 19.4 Å². The van der Waals surface area contributed by atoms with Crippen LogP contribution in [0.25, 0.3) is 0 Å². The van der Waals surface area contributed by atoms with Crippen molar-refractivity contribution in [1.29, 1.82) is 0 Å². The van der Waals surface area contributed by atoms with E-state index >= 15 is 0 Å². The van der Waals surface area contributed by atoms with E-state index in [1.54, 1.807) is 0 Å². The Morgan fingerprint density at radius 2 is 1.86 bits per heavy atom. The first-order valence-corrected chi connectivity index (χ1v) is 7.46. The number of hydrogen-bond acceptors (Lipinski definition) is 6. The summed E-state index contributed by atoms with van der Waals surface area (Å²) < 4.78 is 23.1. The average molecular weight is 310 g/mol. The lowest BCUT2D eigenvalue weighted by atomic mass is 10.1. The van der Waals surface area contributed by atoms with Crippen LogP contribution in [0.2, 0.25) is 0 Å². The van der Waals surface area contributed by atoms with Gasteiger partial charge in [0, 0.05) is 0 Å². The summed E-state index contributed by atoms with van der Waals surface area (Å²) in [7, 11) is 0. The quantitative estimate of drug-likeness (QED) is 0.838. The Labute approximate surface area is 129 Å². The molecular weight excluding hydrogens is 288 g/mol. The van der Waals surface area contributed by atoms with Crippen LogP contribution >= 0.6 is 0 Å². The van der Waals surface area contributed by atoms with Gasteiger partial charge in [0.25, 0.3) is 0 Å². The van der Waals surface area contributed by atoms with Crippen molar-refractivity contribution in [1.82, 2.24) is 0 Å². The molecule has 1 aromatic rings. The molecule has 6 nitrogen and oxygen atoms in total. The van der Waals surface area contributed by atoms with Gasteiger partial charge in [0.2, 0.25) is 0 Å². The predicted octanol–water partition coefficient (Wildman–Crippen LogP) is 0.801. The highest BCUT2D eigenvalue weighted by molar-refractivity contribution is 5.13. The Balaban J connectivity index is 1.69. The molecule has 2 heterocycles. The van der Waals surface area contributed by atoms with Gasteiger partial charge in [-0.25, -0.2) is 0 Å². The summed E-state index contributed by atoms with van der Waals surface area (Å²) in [5.41, 5.74) is 1.02. The van der Waals surface area contributed by atoms with Gasteiger partial charge in [-0.1, -0.05) is 30.3 Å². The minimum atomic E-state index is -1.03. The lowest BCUT2D eigenvalue weighted by molar-refractivity contribution is -0.247. The van der Waals surface area contributed by atoms with Crippen molar-refractivity contribution in [3.8, 4) is 0 Å². The zero-order valence-electron chi connectivity index (χ0n) is 12.7. The van der Waals surface area contributed by atoms with Crippen molar-refractivity contribution in [3.05, 3.63) is 35.9 Å². The normalized spacial score (nSPS) is 34.5. The van der Waals surface area contributed by atoms with Gasteiger partial charge >= 0.3 is 0 Å². The molecule has 5 atom stereocenters. The molecule has 3 rings (SSSR count). The molecule has 0 amide bonds. The second-order valence-corrected chi connectivity index (χ2v) is 6.08. The molecule has 2 fully saturated rings. The van der Waals surface area contributed by atoms with Crippen molar-refractivity contribution >= 4 is 0 Å². The first-order valence-electron chi connectivity index (χ1n) is 7.46. The third-order valence-electron chi connectivity index (χ3n) is 3.87. The van der Waals surface area contributed by atoms with E-state index in [9.17, 15) is 10.2 Å². The second kappa shape index (κ2) is 6.23. The van der Waals surface area contributed by atoms with Crippen molar-refractivity contribution < 1.29 is 29.2 Å². The fraction of sp³-hybridized carbons (Fsp3) is 0.625. The molecule has 2 N–H and O–H groups in total. The van der Waals surface area contributed by atoms with Gasteiger partial charge in [0.15, 0.2) is 12.1 Å². The van der Waals surface area contributed by atoms with Crippen LogP contribution in [-0.4, -0.2) is 53.3 Å². The van der Waals surface area contributed by atoms with E-state index in [-0.39, 0.29) is 0 Å². The highest BCUT2D eigenvalue weighted by Crippen LogP contribution is 2.40. The summed E-state index contributed by atoms with van der Waals surface area (Å²) >= 11 is 0. The Bertz CT molecular complexity index is 491. The summed E-state index contributed by atoms with van der Waals surface area (Å²) in [5.74, 6) is -0.763. The highest BCUT2D eigenvalue weighted by atomic mass is 16.8. The molecule has 0 aromatic heterocycles. The van der Waals surface area contributed by atoms with Crippen LogP contribution in [0.3, 0.4) is 0 Å². The fourth-order valence-electron chi connectivity index (χ4n) is 2.89. The molecule has 2 aliphatic heterocycles. The predicted molar refractivity (Wildman–Crippen MR) is 76.8 cm³/mol. The maximum Gasteiger partial charge on any atom is 0.187 e. The van der Waals surface area contributed by atoms with Crippen LogP contribution < -0.4 is 0 Å². The van der Waals surface area contributed by atoms with Crippen LogP contribution in [0.4, 0.5) is 0 Å². The Hall–Kier alpha value is -1.02. The number of benzene rings is 1. The summed E-state index contributed by atoms with van der Waals surface area (Å²) in [4.78, 5) is 0. The molecule has 2 aliphatic rings. The molecule has 122 valence electrons. The fourth-order valence-corrected chi connectivity index (χ4v) is 2.89. The van der Waals surface area contributed by atoms with Gasteiger partial charge in [0.1, 0.15) is 24.4 Å². The Morgan fingerprint density at radius 3 is 2.55 bits per heavy atom. The number of fused-ring (bicyclic) bond motifs is 1. The van der Waals surface area contributed by atoms with Gasteiger partial charge < -0.3 is 29.2 Å². The smallest absolute Gasteiger partial charge is 0.187 e. The molecule has 0 aliphatic carbocycles. The number of aliphatic hydroxyl groups is 2. The maximum absolute atomic E-state index is 9.91. The standard InChI is InChI=1S/C16H22O6/c1-16(2)21-13-12(11(18)8-17)20-15(14(13)22-16)19-9-10-6-4-3-5-7-10/h3-7,11-15,17-18H,8-9H2,1-2H3/t11-,12-,13+,14-,15+/m1/s1. The molecule has 2 saturated heterocycles.